The van der Waals surface area contributed by atoms with E-state index in [4.69, 9.17) is 10.5 Å². The summed E-state index contributed by atoms with van der Waals surface area (Å²) in [5.41, 5.74) is 7.48. The van der Waals surface area contributed by atoms with Crippen molar-refractivity contribution in [2.45, 2.75) is 64.0 Å². The number of carbonyl (C=O) groups is 1. The van der Waals surface area contributed by atoms with E-state index in [0.717, 1.165) is 37.9 Å². The molecule has 1 saturated heterocycles. The number of carbonyl (C=O) groups excluding carboxylic acids is 1. The SMILES string of the molecule is CC(C)(C)OC(=O)N1CCC[C@H]2c3nc(N)ncc3CC[C@@H]21. The number of aromatic nitrogens is 2. The van der Waals surface area contributed by atoms with Crippen LogP contribution in [0.3, 0.4) is 0 Å². The van der Waals surface area contributed by atoms with Gasteiger partial charge in [0.1, 0.15) is 5.60 Å². The molecule has 0 unspecified atom stereocenters. The van der Waals surface area contributed by atoms with E-state index in [0.29, 0.717) is 5.95 Å². The Bertz CT molecular complexity index is 582. The minimum Gasteiger partial charge on any atom is -0.444 e. The number of nitrogen functional groups attached to an aromatic ring is 1. The van der Waals surface area contributed by atoms with E-state index in [2.05, 4.69) is 9.97 Å². The van der Waals surface area contributed by atoms with Crippen LogP contribution in [0.1, 0.15) is 57.2 Å². The van der Waals surface area contributed by atoms with Gasteiger partial charge in [-0.2, -0.15) is 0 Å². The number of piperidine rings is 1. The molecule has 3 rings (SSSR count). The predicted molar refractivity (Wildman–Crippen MR) is 83.5 cm³/mol. The molecule has 0 aromatic carbocycles. The first-order valence-corrected chi connectivity index (χ1v) is 7.96. The van der Waals surface area contributed by atoms with Gasteiger partial charge in [-0.3, -0.25) is 0 Å². The summed E-state index contributed by atoms with van der Waals surface area (Å²) >= 11 is 0. The van der Waals surface area contributed by atoms with Crippen molar-refractivity contribution in [3.63, 3.8) is 0 Å². The first kappa shape index (κ1) is 15.1. The molecule has 0 bridgehead atoms. The van der Waals surface area contributed by atoms with Crippen LogP contribution in [0.5, 0.6) is 0 Å². The molecule has 0 radical (unpaired) electrons. The van der Waals surface area contributed by atoms with Gasteiger partial charge in [0.05, 0.1) is 5.69 Å². The topological polar surface area (TPSA) is 81.3 Å². The highest BCUT2D eigenvalue weighted by Crippen LogP contribution is 2.40. The zero-order valence-corrected chi connectivity index (χ0v) is 13.5. The van der Waals surface area contributed by atoms with Gasteiger partial charge in [0.15, 0.2) is 0 Å². The quantitative estimate of drug-likeness (QED) is 0.796. The van der Waals surface area contributed by atoms with Gasteiger partial charge in [-0.1, -0.05) is 0 Å². The van der Waals surface area contributed by atoms with Crippen molar-refractivity contribution in [2.75, 3.05) is 12.3 Å². The van der Waals surface area contributed by atoms with Gasteiger partial charge in [0, 0.05) is 24.7 Å². The van der Waals surface area contributed by atoms with E-state index in [9.17, 15) is 4.79 Å². The Morgan fingerprint density at radius 2 is 2.18 bits per heavy atom. The van der Waals surface area contributed by atoms with Gasteiger partial charge < -0.3 is 15.4 Å². The fourth-order valence-corrected chi connectivity index (χ4v) is 3.53. The Labute approximate surface area is 131 Å². The van der Waals surface area contributed by atoms with Crippen molar-refractivity contribution in [1.29, 1.82) is 0 Å². The van der Waals surface area contributed by atoms with Crippen molar-refractivity contribution in [3.8, 4) is 0 Å². The molecule has 1 amide bonds. The van der Waals surface area contributed by atoms with E-state index in [1.54, 1.807) is 0 Å². The average molecular weight is 304 g/mol. The average Bonchev–Trinajstić information content (AvgIpc) is 2.44. The van der Waals surface area contributed by atoms with Crippen LogP contribution in [0.4, 0.5) is 10.7 Å². The fraction of sp³-hybridized carbons (Fsp3) is 0.688. The molecule has 22 heavy (non-hydrogen) atoms. The Kier molecular flexibility index (Phi) is 3.70. The molecule has 1 aliphatic carbocycles. The summed E-state index contributed by atoms with van der Waals surface area (Å²) < 4.78 is 5.57. The number of hydrogen-bond donors (Lipinski definition) is 1. The van der Waals surface area contributed by atoms with Crippen LogP contribution in [-0.2, 0) is 11.2 Å². The molecule has 2 N–H and O–H groups in total. The summed E-state index contributed by atoms with van der Waals surface area (Å²) in [7, 11) is 0. The third-order valence-corrected chi connectivity index (χ3v) is 4.38. The normalized spacial score (nSPS) is 24.4. The molecule has 1 aliphatic heterocycles. The third kappa shape index (κ3) is 2.87. The molecule has 1 aromatic heterocycles. The number of hydrogen-bond acceptors (Lipinski definition) is 5. The molecule has 0 spiro atoms. The number of amides is 1. The molecular weight excluding hydrogens is 280 g/mol. The lowest BCUT2D eigenvalue weighted by Gasteiger charge is -2.44. The van der Waals surface area contributed by atoms with Gasteiger partial charge >= 0.3 is 6.09 Å². The first-order chi connectivity index (χ1) is 10.3. The van der Waals surface area contributed by atoms with E-state index in [1.165, 1.54) is 5.56 Å². The molecule has 6 heteroatoms. The third-order valence-electron chi connectivity index (χ3n) is 4.38. The van der Waals surface area contributed by atoms with Crippen molar-refractivity contribution >= 4 is 12.0 Å². The standard InChI is InChI=1S/C16H24N4O2/c1-16(2,3)22-15(21)20-8-4-5-11-12(20)7-6-10-9-18-14(17)19-13(10)11/h9,11-12H,4-8H2,1-3H3,(H2,17,18,19)/t11-,12+/m1/s1. The second kappa shape index (κ2) is 5.41. The van der Waals surface area contributed by atoms with E-state index in [-0.39, 0.29) is 18.1 Å². The number of anilines is 1. The highest BCUT2D eigenvalue weighted by molar-refractivity contribution is 5.69. The minimum atomic E-state index is -0.469. The Hall–Kier alpha value is -1.85. The second-order valence-corrected chi connectivity index (χ2v) is 7.17. The van der Waals surface area contributed by atoms with Gasteiger partial charge in [-0.05, 0) is 52.0 Å². The van der Waals surface area contributed by atoms with Gasteiger partial charge in [0.25, 0.3) is 0 Å². The van der Waals surface area contributed by atoms with Crippen LogP contribution in [0, 0.1) is 0 Å². The first-order valence-electron chi connectivity index (χ1n) is 7.96. The van der Waals surface area contributed by atoms with Gasteiger partial charge in [-0.15, -0.1) is 0 Å². The van der Waals surface area contributed by atoms with E-state index >= 15 is 0 Å². The minimum absolute atomic E-state index is 0.158. The largest absolute Gasteiger partial charge is 0.444 e. The van der Waals surface area contributed by atoms with E-state index in [1.807, 2.05) is 31.9 Å². The van der Waals surface area contributed by atoms with Crippen LogP contribution in [0.15, 0.2) is 6.20 Å². The van der Waals surface area contributed by atoms with Crippen LogP contribution < -0.4 is 5.73 Å². The van der Waals surface area contributed by atoms with Crippen LogP contribution in [-0.4, -0.2) is 39.1 Å². The summed E-state index contributed by atoms with van der Waals surface area (Å²) in [6.45, 7) is 6.45. The molecule has 0 saturated carbocycles. The van der Waals surface area contributed by atoms with E-state index < -0.39 is 5.60 Å². The zero-order chi connectivity index (χ0) is 15.9. The van der Waals surface area contributed by atoms with Crippen LogP contribution >= 0.6 is 0 Å². The molecular formula is C16H24N4O2. The molecule has 1 fully saturated rings. The summed E-state index contributed by atoms with van der Waals surface area (Å²) in [5, 5.41) is 0. The fourth-order valence-electron chi connectivity index (χ4n) is 3.53. The van der Waals surface area contributed by atoms with Gasteiger partial charge in [-0.25, -0.2) is 14.8 Å². The molecule has 1 aromatic rings. The highest BCUT2D eigenvalue weighted by atomic mass is 16.6. The Morgan fingerprint density at radius 1 is 1.41 bits per heavy atom. The van der Waals surface area contributed by atoms with Crippen molar-refractivity contribution in [2.24, 2.45) is 0 Å². The number of rotatable bonds is 0. The smallest absolute Gasteiger partial charge is 0.410 e. The predicted octanol–water partition coefficient (Wildman–Crippen LogP) is 2.49. The maximum absolute atomic E-state index is 12.5. The zero-order valence-electron chi connectivity index (χ0n) is 13.5. The van der Waals surface area contributed by atoms with Crippen molar-refractivity contribution < 1.29 is 9.53 Å². The molecule has 2 heterocycles. The maximum atomic E-state index is 12.5. The lowest BCUT2D eigenvalue weighted by Crippen LogP contribution is -2.51. The van der Waals surface area contributed by atoms with Gasteiger partial charge in [0.2, 0.25) is 5.95 Å². The second-order valence-electron chi connectivity index (χ2n) is 7.17. The lowest BCUT2D eigenvalue weighted by atomic mass is 9.77. The lowest BCUT2D eigenvalue weighted by molar-refractivity contribution is 0.00393. The Morgan fingerprint density at radius 3 is 2.91 bits per heavy atom. The molecule has 6 nitrogen and oxygen atoms in total. The summed E-state index contributed by atoms with van der Waals surface area (Å²) in [5.74, 6) is 0.559. The summed E-state index contributed by atoms with van der Waals surface area (Å²) in [6.07, 6.45) is 5.44. The number of likely N-dealkylation sites (tertiary alicyclic amines) is 1. The van der Waals surface area contributed by atoms with Crippen LogP contribution in [0.25, 0.3) is 0 Å². The molecule has 2 aliphatic rings. The summed E-state index contributed by atoms with van der Waals surface area (Å²) in [6, 6.07) is 0.158. The number of nitrogens with zero attached hydrogens (tertiary/aromatic N) is 3. The van der Waals surface area contributed by atoms with Crippen LogP contribution in [0.2, 0.25) is 0 Å². The highest BCUT2D eigenvalue weighted by Gasteiger charge is 2.40. The molecule has 120 valence electrons. The molecule has 2 atom stereocenters. The monoisotopic (exact) mass is 304 g/mol. The number of nitrogens with two attached hydrogens (primary N) is 1. The van der Waals surface area contributed by atoms with Crippen molar-refractivity contribution in [1.82, 2.24) is 14.9 Å². The number of ether oxygens (including phenoxy) is 1. The van der Waals surface area contributed by atoms with Crippen molar-refractivity contribution in [3.05, 3.63) is 17.5 Å². The summed E-state index contributed by atoms with van der Waals surface area (Å²) in [4.78, 5) is 22.9. The number of fused-ring (bicyclic) bond motifs is 3. The Balaban J connectivity index is 1.85. The number of aryl methyl sites for hydroxylation is 1. The maximum Gasteiger partial charge on any atom is 0.410 e.